The Morgan fingerprint density at radius 3 is 2.89 bits per heavy atom. The summed E-state index contributed by atoms with van der Waals surface area (Å²) >= 11 is 4.75. The molecule has 0 amide bonds. The average Bonchev–Trinajstić information content (AvgIpc) is 2.81. The maximum atomic E-state index is 12.7. The highest BCUT2D eigenvalue weighted by molar-refractivity contribution is 9.11. The predicted molar refractivity (Wildman–Crippen MR) is 81.7 cm³/mol. The van der Waals surface area contributed by atoms with E-state index in [1.807, 2.05) is 0 Å². The summed E-state index contributed by atoms with van der Waals surface area (Å²) in [5.74, 6) is 0.481. The van der Waals surface area contributed by atoms with Crippen LogP contribution in [-0.2, 0) is 16.6 Å². The number of sulfonamides is 1. The van der Waals surface area contributed by atoms with E-state index in [1.165, 1.54) is 11.3 Å². The highest BCUT2D eigenvalue weighted by Gasteiger charge is 2.31. The molecule has 1 aliphatic rings. The predicted octanol–water partition coefficient (Wildman–Crippen LogP) is 2.78. The zero-order valence-electron chi connectivity index (χ0n) is 10.9. The minimum absolute atomic E-state index is 0.370. The van der Waals surface area contributed by atoms with Crippen molar-refractivity contribution < 1.29 is 8.42 Å². The molecule has 0 aliphatic carbocycles. The van der Waals surface area contributed by atoms with Gasteiger partial charge in [-0.1, -0.05) is 13.3 Å². The fraction of sp³-hybridized carbons (Fsp3) is 0.667. The molecular weight excluding hydrogens is 348 g/mol. The summed E-state index contributed by atoms with van der Waals surface area (Å²) in [5.41, 5.74) is 5.58. The Labute approximate surface area is 127 Å². The van der Waals surface area contributed by atoms with Crippen LogP contribution in [-0.4, -0.2) is 25.8 Å². The molecule has 1 atom stereocenters. The van der Waals surface area contributed by atoms with E-state index in [0.29, 0.717) is 34.2 Å². The van der Waals surface area contributed by atoms with Crippen LogP contribution in [0.2, 0.25) is 0 Å². The van der Waals surface area contributed by atoms with Crippen molar-refractivity contribution >= 4 is 37.3 Å². The van der Waals surface area contributed by atoms with Crippen molar-refractivity contribution in [2.24, 2.45) is 11.7 Å². The number of nitrogens with two attached hydrogens (primary N) is 1. The van der Waals surface area contributed by atoms with Gasteiger partial charge in [0.05, 0.1) is 3.79 Å². The molecule has 0 radical (unpaired) electrons. The molecular formula is C12H19BrN2O2S2. The summed E-state index contributed by atoms with van der Waals surface area (Å²) < 4.78 is 27.6. The molecule has 0 spiro atoms. The second kappa shape index (κ2) is 6.22. The van der Waals surface area contributed by atoms with E-state index in [4.69, 9.17) is 5.73 Å². The highest BCUT2D eigenvalue weighted by Crippen LogP contribution is 2.35. The Morgan fingerprint density at radius 1 is 1.58 bits per heavy atom. The Kier molecular flexibility index (Phi) is 5.05. The fourth-order valence-corrected chi connectivity index (χ4v) is 6.46. The summed E-state index contributed by atoms with van der Waals surface area (Å²) in [6.07, 6.45) is 3.11. The van der Waals surface area contributed by atoms with E-state index in [1.54, 1.807) is 10.4 Å². The van der Waals surface area contributed by atoms with Gasteiger partial charge in [-0.2, -0.15) is 4.31 Å². The third kappa shape index (κ3) is 3.21. The molecule has 1 saturated heterocycles. The first-order valence-electron chi connectivity index (χ1n) is 6.47. The monoisotopic (exact) mass is 366 g/mol. The Hall–Kier alpha value is 0.0500. The van der Waals surface area contributed by atoms with Gasteiger partial charge in [0.25, 0.3) is 0 Å². The van der Waals surface area contributed by atoms with Crippen LogP contribution in [0.5, 0.6) is 0 Å². The second-order valence-corrected chi connectivity index (χ2v) is 9.20. The Morgan fingerprint density at radius 2 is 2.32 bits per heavy atom. The summed E-state index contributed by atoms with van der Waals surface area (Å²) in [6.45, 7) is 3.75. The summed E-state index contributed by atoms with van der Waals surface area (Å²) in [4.78, 5) is 1.25. The first-order valence-corrected chi connectivity index (χ1v) is 9.52. The second-order valence-electron chi connectivity index (χ2n) is 4.83. The van der Waals surface area contributed by atoms with E-state index in [2.05, 4.69) is 22.9 Å². The van der Waals surface area contributed by atoms with E-state index in [-0.39, 0.29) is 0 Å². The number of halogens is 1. The average molecular weight is 367 g/mol. The van der Waals surface area contributed by atoms with Crippen molar-refractivity contribution in [3.05, 3.63) is 14.7 Å². The number of hydrogen-bond acceptors (Lipinski definition) is 4. The number of piperidine rings is 1. The molecule has 1 aromatic rings. The normalized spacial score (nSPS) is 21.7. The van der Waals surface area contributed by atoms with Crippen molar-refractivity contribution in [1.82, 2.24) is 4.31 Å². The molecule has 2 rings (SSSR count). The van der Waals surface area contributed by atoms with E-state index < -0.39 is 10.0 Å². The summed E-state index contributed by atoms with van der Waals surface area (Å²) in [7, 11) is -3.38. The lowest BCUT2D eigenvalue weighted by Crippen LogP contribution is -2.39. The minimum Gasteiger partial charge on any atom is -0.326 e. The molecule has 1 aliphatic heterocycles. The van der Waals surface area contributed by atoms with Gasteiger partial charge >= 0.3 is 0 Å². The first kappa shape index (κ1) is 15.4. The first-order chi connectivity index (χ1) is 8.98. The smallest absolute Gasteiger partial charge is 0.245 e. The van der Waals surface area contributed by atoms with Crippen molar-refractivity contribution in [2.45, 2.75) is 37.6 Å². The van der Waals surface area contributed by atoms with Gasteiger partial charge < -0.3 is 5.73 Å². The quantitative estimate of drug-likeness (QED) is 0.890. The van der Waals surface area contributed by atoms with Crippen molar-refractivity contribution in [1.29, 1.82) is 0 Å². The lowest BCUT2D eigenvalue weighted by atomic mass is 9.97. The van der Waals surface area contributed by atoms with Gasteiger partial charge in [-0.15, -0.1) is 11.3 Å². The number of thiophene rings is 1. The van der Waals surface area contributed by atoms with Gasteiger partial charge in [0, 0.05) is 24.5 Å². The van der Waals surface area contributed by atoms with Crippen LogP contribution >= 0.6 is 27.3 Å². The Balaban J connectivity index is 2.28. The van der Waals surface area contributed by atoms with Crippen LogP contribution in [0, 0.1) is 5.92 Å². The Bertz CT molecular complexity index is 542. The van der Waals surface area contributed by atoms with Gasteiger partial charge in [0.1, 0.15) is 4.90 Å². The van der Waals surface area contributed by atoms with Crippen LogP contribution in [0.15, 0.2) is 14.7 Å². The highest BCUT2D eigenvalue weighted by atomic mass is 79.9. The van der Waals surface area contributed by atoms with Gasteiger partial charge in [-0.05, 0) is 40.8 Å². The molecule has 2 heterocycles. The van der Waals surface area contributed by atoms with Gasteiger partial charge in [0.15, 0.2) is 0 Å². The van der Waals surface area contributed by atoms with Crippen molar-refractivity contribution in [3.63, 3.8) is 0 Å². The summed E-state index contributed by atoms with van der Waals surface area (Å²) in [5, 5.41) is 0. The van der Waals surface area contributed by atoms with E-state index in [9.17, 15) is 8.42 Å². The van der Waals surface area contributed by atoms with E-state index >= 15 is 0 Å². The van der Waals surface area contributed by atoms with Gasteiger partial charge in [0.2, 0.25) is 10.0 Å². The summed E-state index contributed by atoms with van der Waals surface area (Å²) in [6, 6.07) is 1.69. The number of nitrogens with zero attached hydrogens (tertiary/aromatic N) is 1. The zero-order chi connectivity index (χ0) is 14.0. The topological polar surface area (TPSA) is 63.4 Å². The minimum atomic E-state index is -3.38. The molecule has 1 unspecified atom stereocenters. The molecule has 4 nitrogen and oxygen atoms in total. The van der Waals surface area contributed by atoms with Crippen molar-refractivity contribution in [2.75, 3.05) is 13.1 Å². The molecule has 108 valence electrons. The third-order valence-electron chi connectivity index (χ3n) is 3.58. The zero-order valence-corrected chi connectivity index (χ0v) is 14.2. The van der Waals surface area contributed by atoms with Crippen molar-refractivity contribution in [3.8, 4) is 0 Å². The van der Waals surface area contributed by atoms with E-state index in [0.717, 1.165) is 24.1 Å². The molecule has 0 aromatic carbocycles. The van der Waals surface area contributed by atoms with Gasteiger partial charge in [-0.3, -0.25) is 0 Å². The molecule has 1 aromatic heterocycles. The van der Waals surface area contributed by atoms with Crippen LogP contribution in [0.4, 0.5) is 0 Å². The van der Waals surface area contributed by atoms with Crippen LogP contribution in [0.3, 0.4) is 0 Å². The molecule has 0 saturated carbocycles. The molecule has 7 heteroatoms. The maximum Gasteiger partial charge on any atom is 0.245 e. The number of rotatable bonds is 4. The van der Waals surface area contributed by atoms with Gasteiger partial charge in [-0.25, -0.2) is 8.42 Å². The molecule has 2 N–H and O–H groups in total. The lowest BCUT2D eigenvalue weighted by Gasteiger charge is -2.31. The molecule has 0 bridgehead atoms. The molecule has 19 heavy (non-hydrogen) atoms. The van der Waals surface area contributed by atoms with Crippen LogP contribution in [0.1, 0.15) is 31.1 Å². The fourth-order valence-electron chi connectivity index (χ4n) is 2.39. The molecule has 1 fully saturated rings. The van der Waals surface area contributed by atoms with Crippen LogP contribution in [0.25, 0.3) is 0 Å². The lowest BCUT2D eigenvalue weighted by molar-refractivity contribution is 0.261. The SMILES string of the molecule is CCC1CCCN(S(=O)(=O)c2cc(CN)sc2Br)C1. The maximum absolute atomic E-state index is 12.7. The largest absolute Gasteiger partial charge is 0.326 e. The standard InChI is InChI=1S/C12H19BrN2O2S2/c1-2-9-4-3-5-15(8-9)19(16,17)11-6-10(7-14)18-12(11)13/h6,9H,2-5,7-8,14H2,1H3. The van der Waals surface area contributed by atoms with Crippen LogP contribution < -0.4 is 5.73 Å². The third-order valence-corrected chi connectivity index (χ3v) is 7.72. The number of hydrogen-bond donors (Lipinski definition) is 1.